The fraction of sp³-hybridized carbons (Fsp3) is 0.294. The quantitative estimate of drug-likeness (QED) is 0.837. The van der Waals surface area contributed by atoms with Crippen molar-refractivity contribution in [3.8, 4) is 0 Å². The molecule has 0 bridgehead atoms. The summed E-state index contributed by atoms with van der Waals surface area (Å²) in [6.07, 6.45) is 3.83. The van der Waals surface area contributed by atoms with Crippen LogP contribution in [-0.2, 0) is 4.79 Å². The lowest BCUT2D eigenvalue weighted by Gasteiger charge is -2.09. The molecule has 5 heteroatoms. The number of nitrogens with zero attached hydrogens (tertiary/aromatic N) is 1. The first kappa shape index (κ1) is 16.1. The van der Waals surface area contributed by atoms with Gasteiger partial charge in [-0.15, -0.1) is 0 Å². The fourth-order valence-corrected chi connectivity index (χ4v) is 2.08. The van der Waals surface area contributed by atoms with Crippen LogP contribution in [0.1, 0.15) is 32.3 Å². The summed E-state index contributed by atoms with van der Waals surface area (Å²) in [5.74, 6) is -1.08. The van der Waals surface area contributed by atoms with Gasteiger partial charge in [-0.2, -0.15) is 0 Å². The molecule has 22 heavy (non-hydrogen) atoms. The SMILES string of the molecule is CC1=N/C(c2ccc(F)cc2)=C\C(C)CCC(=O)N/C=C\1F. The molecule has 0 saturated heterocycles. The van der Waals surface area contributed by atoms with Crippen LogP contribution in [0.15, 0.2) is 47.4 Å². The van der Waals surface area contributed by atoms with Gasteiger partial charge in [-0.3, -0.25) is 9.79 Å². The van der Waals surface area contributed by atoms with Gasteiger partial charge in [0.15, 0.2) is 5.83 Å². The Morgan fingerprint density at radius 3 is 2.59 bits per heavy atom. The molecule has 0 aliphatic carbocycles. The second-order valence-corrected chi connectivity index (χ2v) is 5.33. The molecule has 1 heterocycles. The number of nitrogens with one attached hydrogen (secondary N) is 1. The summed E-state index contributed by atoms with van der Waals surface area (Å²) in [4.78, 5) is 15.9. The number of carbonyl (C=O) groups is 1. The summed E-state index contributed by atoms with van der Waals surface area (Å²) in [6, 6.07) is 5.90. The second kappa shape index (κ2) is 7.11. The monoisotopic (exact) mass is 304 g/mol. The minimum Gasteiger partial charge on any atom is -0.330 e. The summed E-state index contributed by atoms with van der Waals surface area (Å²) in [5, 5.41) is 2.41. The zero-order chi connectivity index (χ0) is 16.1. The Hall–Kier alpha value is -2.30. The van der Waals surface area contributed by atoms with Crippen molar-refractivity contribution < 1.29 is 13.6 Å². The highest BCUT2D eigenvalue weighted by Gasteiger charge is 2.11. The molecule has 1 aromatic rings. The Morgan fingerprint density at radius 1 is 1.23 bits per heavy atom. The first-order chi connectivity index (χ1) is 10.5. The summed E-state index contributed by atoms with van der Waals surface area (Å²) >= 11 is 0. The van der Waals surface area contributed by atoms with Gasteiger partial charge in [0.2, 0.25) is 5.91 Å². The topological polar surface area (TPSA) is 41.5 Å². The Labute approximate surface area is 128 Å². The van der Waals surface area contributed by atoms with Gasteiger partial charge in [-0.05, 0) is 49.1 Å². The van der Waals surface area contributed by atoms with E-state index in [4.69, 9.17) is 0 Å². The number of rotatable bonds is 1. The van der Waals surface area contributed by atoms with Crippen LogP contribution in [0.25, 0.3) is 5.70 Å². The van der Waals surface area contributed by atoms with E-state index in [-0.39, 0.29) is 23.4 Å². The van der Waals surface area contributed by atoms with Crippen molar-refractivity contribution in [2.24, 2.45) is 10.9 Å². The molecule has 1 aliphatic heterocycles. The molecule has 0 radical (unpaired) electrons. The summed E-state index contributed by atoms with van der Waals surface area (Å²) in [6.45, 7) is 3.49. The summed E-state index contributed by atoms with van der Waals surface area (Å²) < 4.78 is 27.0. The number of aliphatic imine (C=N–C) groups is 1. The largest absolute Gasteiger partial charge is 0.330 e. The third-order valence-corrected chi connectivity index (χ3v) is 3.40. The first-order valence-electron chi connectivity index (χ1n) is 7.14. The Morgan fingerprint density at radius 2 is 1.91 bits per heavy atom. The maximum Gasteiger partial charge on any atom is 0.224 e. The molecule has 116 valence electrons. The second-order valence-electron chi connectivity index (χ2n) is 5.33. The van der Waals surface area contributed by atoms with E-state index >= 15 is 0 Å². The standard InChI is InChI=1S/C17H18F2N2O/c1-11-3-8-17(22)20-10-15(19)12(2)21-16(9-11)13-4-6-14(18)7-5-13/h4-7,9-11H,3,8H2,1-2H3,(H,20,22)/b15-10+,16-9-,21-12-. The van der Waals surface area contributed by atoms with Crippen molar-refractivity contribution in [3.63, 3.8) is 0 Å². The minimum absolute atomic E-state index is 0.0866. The summed E-state index contributed by atoms with van der Waals surface area (Å²) in [7, 11) is 0. The maximum absolute atomic E-state index is 13.9. The Balaban J connectivity index is 2.44. The smallest absolute Gasteiger partial charge is 0.224 e. The van der Waals surface area contributed by atoms with Gasteiger partial charge in [0.05, 0.1) is 11.4 Å². The highest BCUT2D eigenvalue weighted by Crippen LogP contribution is 2.22. The molecule has 1 atom stereocenters. The van der Waals surface area contributed by atoms with Crippen molar-refractivity contribution in [1.29, 1.82) is 0 Å². The van der Waals surface area contributed by atoms with E-state index in [0.29, 0.717) is 24.1 Å². The van der Waals surface area contributed by atoms with Crippen LogP contribution >= 0.6 is 0 Å². The number of benzene rings is 1. The number of halogens is 2. The fourth-order valence-electron chi connectivity index (χ4n) is 2.08. The molecule has 0 saturated carbocycles. The van der Waals surface area contributed by atoms with Gasteiger partial charge >= 0.3 is 0 Å². The molecule has 0 fully saturated rings. The number of amides is 1. The Bertz CT molecular complexity index is 645. The lowest BCUT2D eigenvalue weighted by Crippen LogP contribution is -2.18. The predicted molar refractivity (Wildman–Crippen MR) is 83.2 cm³/mol. The molecule has 1 amide bonds. The van der Waals surface area contributed by atoms with Crippen LogP contribution in [0, 0.1) is 11.7 Å². The van der Waals surface area contributed by atoms with Gasteiger partial charge in [0, 0.05) is 12.6 Å². The van der Waals surface area contributed by atoms with Crippen molar-refractivity contribution in [3.05, 3.63) is 53.7 Å². The van der Waals surface area contributed by atoms with Crippen LogP contribution in [0.5, 0.6) is 0 Å². The van der Waals surface area contributed by atoms with Crippen LogP contribution in [0.2, 0.25) is 0 Å². The molecule has 2 rings (SSSR count). The van der Waals surface area contributed by atoms with Gasteiger partial charge < -0.3 is 5.32 Å². The molecule has 0 spiro atoms. The third kappa shape index (κ3) is 4.35. The van der Waals surface area contributed by atoms with Gasteiger partial charge in [0.25, 0.3) is 0 Å². The lowest BCUT2D eigenvalue weighted by atomic mass is 10.0. The average Bonchev–Trinajstić information content (AvgIpc) is 2.51. The highest BCUT2D eigenvalue weighted by atomic mass is 19.1. The van der Waals surface area contributed by atoms with Gasteiger partial charge in [-0.25, -0.2) is 8.78 Å². The van der Waals surface area contributed by atoms with Crippen molar-refractivity contribution in [2.45, 2.75) is 26.7 Å². The van der Waals surface area contributed by atoms with E-state index in [9.17, 15) is 13.6 Å². The Kier molecular flexibility index (Phi) is 5.20. The maximum atomic E-state index is 13.9. The average molecular weight is 304 g/mol. The van der Waals surface area contributed by atoms with E-state index in [2.05, 4.69) is 10.3 Å². The van der Waals surface area contributed by atoms with Crippen molar-refractivity contribution >= 4 is 17.3 Å². The van der Waals surface area contributed by atoms with E-state index in [1.54, 1.807) is 12.1 Å². The molecular formula is C17H18F2N2O. The third-order valence-electron chi connectivity index (χ3n) is 3.40. The zero-order valence-electron chi connectivity index (χ0n) is 12.6. The molecule has 3 nitrogen and oxygen atoms in total. The van der Waals surface area contributed by atoms with Crippen LogP contribution < -0.4 is 5.32 Å². The van der Waals surface area contributed by atoms with E-state index in [1.165, 1.54) is 19.1 Å². The van der Waals surface area contributed by atoms with E-state index in [0.717, 1.165) is 6.20 Å². The van der Waals surface area contributed by atoms with Gasteiger partial charge in [-0.1, -0.05) is 13.0 Å². The summed E-state index contributed by atoms with van der Waals surface area (Å²) in [5.41, 5.74) is 1.44. The molecule has 0 aromatic heterocycles. The number of carbonyl (C=O) groups excluding carboxylic acids is 1. The number of hydrogen-bond acceptors (Lipinski definition) is 2. The van der Waals surface area contributed by atoms with Crippen LogP contribution in [-0.4, -0.2) is 11.6 Å². The van der Waals surface area contributed by atoms with E-state index in [1.807, 2.05) is 13.0 Å². The molecule has 1 unspecified atom stereocenters. The molecule has 1 aromatic carbocycles. The van der Waals surface area contributed by atoms with Gasteiger partial charge in [0.1, 0.15) is 5.82 Å². The van der Waals surface area contributed by atoms with E-state index < -0.39 is 5.83 Å². The van der Waals surface area contributed by atoms with Crippen LogP contribution in [0.3, 0.4) is 0 Å². The molecule has 1 aliphatic rings. The van der Waals surface area contributed by atoms with Crippen molar-refractivity contribution in [1.82, 2.24) is 5.32 Å². The normalized spacial score (nSPS) is 27.4. The number of allylic oxidation sites excluding steroid dienone is 2. The predicted octanol–water partition coefficient (Wildman–Crippen LogP) is 3.98. The minimum atomic E-state index is -0.601. The first-order valence-corrected chi connectivity index (χ1v) is 7.14. The number of hydrogen-bond donors (Lipinski definition) is 1. The highest BCUT2D eigenvalue weighted by molar-refractivity contribution is 6.00. The van der Waals surface area contributed by atoms with Crippen molar-refractivity contribution in [2.75, 3.05) is 0 Å². The molecule has 1 N–H and O–H groups in total. The lowest BCUT2D eigenvalue weighted by molar-refractivity contribution is -0.120. The zero-order valence-corrected chi connectivity index (χ0v) is 12.6. The van der Waals surface area contributed by atoms with Crippen LogP contribution in [0.4, 0.5) is 8.78 Å². The molecular weight excluding hydrogens is 286 g/mol.